The van der Waals surface area contributed by atoms with Crippen molar-refractivity contribution in [3.05, 3.63) is 134 Å². The number of hydrogen-bond acceptors (Lipinski definition) is 5. The Morgan fingerprint density at radius 1 is 0.512 bits per heavy atom. The predicted octanol–water partition coefficient (Wildman–Crippen LogP) is 5.03. The molecule has 0 radical (unpaired) electrons. The van der Waals surface area contributed by atoms with Crippen LogP contribution in [0.2, 0.25) is 0 Å². The third-order valence-electron chi connectivity index (χ3n) is 7.02. The number of para-hydroxylation sites is 2. The van der Waals surface area contributed by atoms with Gasteiger partial charge in [0.05, 0.1) is 0 Å². The number of fused-ring (bicyclic) bond motifs is 1. The van der Waals surface area contributed by atoms with Gasteiger partial charge in [-0.05, 0) is 80.9 Å². The predicted molar refractivity (Wildman–Crippen MR) is 156 cm³/mol. The van der Waals surface area contributed by atoms with Gasteiger partial charge in [-0.15, -0.1) is 0 Å². The molecule has 41 heavy (non-hydrogen) atoms. The first-order valence-corrected chi connectivity index (χ1v) is 13.0. The minimum absolute atomic E-state index is 0. The monoisotopic (exact) mass is 523 g/mol. The number of benzene rings is 4. The molecule has 0 aliphatic heterocycles. The molecule has 7 rings (SSSR count). The molecule has 7 aromatic rings. The fraction of sp³-hybridized carbons (Fsp3) is 0. The van der Waals surface area contributed by atoms with E-state index in [0.29, 0.717) is 28.1 Å². The fourth-order valence-corrected chi connectivity index (χ4v) is 4.92. The van der Waals surface area contributed by atoms with Gasteiger partial charge in [0, 0.05) is 30.4 Å². The van der Waals surface area contributed by atoms with Gasteiger partial charge in [0.1, 0.15) is 5.52 Å². The summed E-state index contributed by atoms with van der Waals surface area (Å²) >= 11 is 0. The Hall–Kier alpha value is -4.95. The minimum atomic E-state index is -0.128. The van der Waals surface area contributed by atoms with Crippen molar-refractivity contribution in [3.63, 3.8) is 0 Å². The molecule has 0 spiro atoms. The van der Waals surface area contributed by atoms with Gasteiger partial charge in [0.2, 0.25) is 5.89 Å². The molecule has 3 aromatic heterocycles. The maximum Gasteiger partial charge on any atom is 1.00 e. The third-order valence-corrected chi connectivity index (χ3v) is 7.02. The van der Waals surface area contributed by atoms with E-state index in [1.54, 1.807) is 12.4 Å². The van der Waals surface area contributed by atoms with E-state index >= 15 is 0 Å². The van der Waals surface area contributed by atoms with Crippen molar-refractivity contribution >= 4 is 11.1 Å². The van der Waals surface area contributed by atoms with Gasteiger partial charge in [-0.3, -0.25) is 9.97 Å². The number of pyridine rings is 2. The van der Waals surface area contributed by atoms with Crippen LogP contribution in [0.1, 0.15) is 0 Å². The molecule has 3 heterocycles. The molecule has 6 heteroatoms. The first-order chi connectivity index (χ1) is 19.7. The quantitative estimate of drug-likeness (QED) is 0.296. The Morgan fingerprint density at radius 2 is 1.05 bits per heavy atom. The first kappa shape index (κ1) is 26.3. The Bertz CT molecular complexity index is 1900. The van der Waals surface area contributed by atoms with Crippen LogP contribution in [-0.2, 0) is 0 Å². The summed E-state index contributed by atoms with van der Waals surface area (Å²) in [6.45, 7) is 0. The SMILES string of the molecule is [Li+].[O-]c1c(-c2ccc(-c3cccnc3)cc2)cc(-c2ccc(-c3cccnc3)cc2)cc1-c1nc2ccccc2o1. The maximum atomic E-state index is 13.9. The van der Waals surface area contributed by atoms with Crippen LogP contribution in [0, 0.1) is 0 Å². The van der Waals surface area contributed by atoms with Gasteiger partial charge >= 0.3 is 18.9 Å². The second-order valence-electron chi connectivity index (χ2n) is 9.53. The van der Waals surface area contributed by atoms with Gasteiger partial charge in [-0.2, -0.15) is 0 Å². The topological polar surface area (TPSA) is 74.9 Å². The Kier molecular flexibility index (Phi) is 7.22. The molecule has 0 amide bonds. The number of aromatic nitrogens is 3. The van der Waals surface area contributed by atoms with Crippen molar-refractivity contribution < 1.29 is 28.4 Å². The summed E-state index contributed by atoms with van der Waals surface area (Å²) in [5, 5.41) is 13.9. The normalized spacial score (nSPS) is 10.8. The standard InChI is InChI=1S/C35H23N3O2.Li/c39-34-30(26-15-13-24(14-16-26)28-6-4-18-37-22-28)19-29(20-31(34)35-38-32-7-1-2-8-33(32)40-35)25-11-9-23(10-12-25)27-5-3-17-36-21-27;/h1-22,39H;/q;+1/p-1. The molecular formula is C35H22LiN3O2. The largest absolute Gasteiger partial charge is 1.00 e. The summed E-state index contributed by atoms with van der Waals surface area (Å²) < 4.78 is 6.05. The molecular weight excluding hydrogens is 501 g/mol. The van der Waals surface area contributed by atoms with E-state index in [9.17, 15) is 5.11 Å². The van der Waals surface area contributed by atoms with Crippen molar-refractivity contribution in [2.45, 2.75) is 0 Å². The molecule has 4 aromatic carbocycles. The van der Waals surface area contributed by atoms with Crippen LogP contribution in [0.25, 0.3) is 67.1 Å². The smallest absolute Gasteiger partial charge is 0.872 e. The van der Waals surface area contributed by atoms with Crippen LogP contribution in [0.3, 0.4) is 0 Å². The zero-order valence-electron chi connectivity index (χ0n) is 22.4. The molecule has 0 saturated carbocycles. The van der Waals surface area contributed by atoms with E-state index < -0.39 is 0 Å². The van der Waals surface area contributed by atoms with Gasteiger partial charge in [-0.25, -0.2) is 4.98 Å². The van der Waals surface area contributed by atoms with Crippen molar-refractivity contribution in [2.75, 3.05) is 0 Å². The van der Waals surface area contributed by atoms with E-state index in [4.69, 9.17) is 4.42 Å². The van der Waals surface area contributed by atoms with Crippen LogP contribution in [-0.4, -0.2) is 15.0 Å². The van der Waals surface area contributed by atoms with E-state index in [1.807, 2.05) is 97.3 Å². The van der Waals surface area contributed by atoms with Crippen LogP contribution in [0.15, 0.2) is 138 Å². The van der Waals surface area contributed by atoms with Crippen LogP contribution < -0.4 is 24.0 Å². The van der Waals surface area contributed by atoms with Crippen molar-refractivity contribution in [1.29, 1.82) is 0 Å². The van der Waals surface area contributed by atoms with Crippen molar-refractivity contribution in [2.24, 2.45) is 0 Å². The van der Waals surface area contributed by atoms with E-state index in [1.165, 1.54) is 0 Å². The average Bonchev–Trinajstić information content (AvgIpc) is 3.47. The molecule has 190 valence electrons. The van der Waals surface area contributed by atoms with Crippen LogP contribution >= 0.6 is 0 Å². The van der Waals surface area contributed by atoms with Crippen molar-refractivity contribution in [3.8, 4) is 61.7 Å². The number of oxazole rings is 1. The second kappa shape index (κ2) is 11.3. The Balaban J connectivity index is 0.00000302. The van der Waals surface area contributed by atoms with E-state index in [0.717, 1.165) is 38.9 Å². The number of rotatable bonds is 5. The molecule has 5 nitrogen and oxygen atoms in total. The van der Waals surface area contributed by atoms with Crippen LogP contribution in [0.4, 0.5) is 0 Å². The van der Waals surface area contributed by atoms with E-state index in [-0.39, 0.29) is 24.6 Å². The molecule has 0 aliphatic carbocycles. The Morgan fingerprint density at radius 3 is 1.61 bits per heavy atom. The molecule has 0 saturated heterocycles. The average molecular weight is 524 g/mol. The summed E-state index contributed by atoms with van der Waals surface area (Å²) in [6.07, 6.45) is 7.19. The molecule has 0 bridgehead atoms. The second-order valence-corrected chi connectivity index (χ2v) is 9.53. The number of hydrogen-bond donors (Lipinski definition) is 0. The van der Waals surface area contributed by atoms with Gasteiger partial charge in [-0.1, -0.05) is 78.5 Å². The van der Waals surface area contributed by atoms with Crippen molar-refractivity contribution in [1.82, 2.24) is 15.0 Å². The summed E-state index contributed by atoms with van der Waals surface area (Å²) in [7, 11) is 0. The zero-order chi connectivity index (χ0) is 26.9. The molecule has 0 unspecified atom stereocenters. The van der Waals surface area contributed by atoms with E-state index in [2.05, 4.69) is 39.2 Å². The molecule has 0 aliphatic rings. The third kappa shape index (κ3) is 5.17. The summed E-state index contributed by atoms with van der Waals surface area (Å²) in [5.41, 5.74) is 9.25. The minimum Gasteiger partial charge on any atom is -0.872 e. The zero-order valence-corrected chi connectivity index (χ0v) is 22.4. The first-order valence-electron chi connectivity index (χ1n) is 13.0. The van der Waals surface area contributed by atoms with Gasteiger partial charge in [0.15, 0.2) is 5.58 Å². The van der Waals surface area contributed by atoms with Crippen LogP contribution in [0.5, 0.6) is 5.75 Å². The number of nitrogens with zero attached hydrogens (tertiary/aromatic N) is 3. The van der Waals surface area contributed by atoms with Gasteiger partial charge in [0.25, 0.3) is 0 Å². The Labute approximate surface area is 249 Å². The maximum absolute atomic E-state index is 13.9. The summed E-state index contributed by atoms with van der Waals surface area (Å²) in [4.78, 5) is 13.1. The molecule has 0 atom stereocenters. The molecule has 0 N–H and O–H groups in total. The summed E-state index contributed by atoms with van der Waals surface area (Å²) in [6, 6.07) is 35.5. The fourth-order valence-electron chi connectivity index (χ4n) is 4.92. The van der Waals surface area contributed by atoms with Gasteiger partial charge < -0.3 is 9.52 Å². The molecule has 0 fully saturated rings. The summed E-state index contributed by atoms with van der Waals surface area (Å²) in [5.74, 6) is 0.185.